The fourth-order valence-corrected chi connectivity index (χ4v) is 4.03. The summed E-state index contributed by atoms with van der Waals surface area (Å²) in [7, 11) is 4.08. The van der Waals surface area contributed by atoms with Crippen molar-refractivity contribution in [1.29, 1.82) is 0 Å². The number of nitrogens with one attached hydrogen (secondary N) is 1. The molecule has 0 aliphatic carbocycles. The summed E-state index contributed by atoms with van der Waals surface area (Å²) in [6.07, 6.45) is 2.34. The molecule has 0 aromatic heterocycles. The maximum Gasteiger partial charge on any atom is 0.193 e. The number of hydrogen-bond acceptors (Lipinski definition) is 4. The highest BCUT2D eigenvalue weighted by atomic mass is 127. The van der Waals surface area contributed by atoms with Gasteiger partial charge >= 0.3 is 0 Å². The second kappa shape index (κ2) is 12.6. The van der Waals surface area contributed by atoms with Gasteiger partial charge in [-0.25, -0.2) is 0 Å². The number of likely N-dealkylation sites (tertiary alicyclic amines) is 1. The second-order valence-corrected chi connectivity index (χ2v) is 7.59. The minimum absolute atomic E-state index is 0. The standard InChI is InChI=1S/C21H35N5O.HI/c1-22-21(26-12-9-20(18-26)25-13-15-27-16-14-25)23-10-6-11-24(2)17-19-7-4-3-5-8-19;/h3-5,7-8,20H,6,9-18H2,1-2H3,(H,22,23);1H. The molecule has 7 heteroatoms. The van der Waals surface area contributed by atoms with Crippen LogP contribution < -0.4 is 5.32 Å². The van der Waals surface area contributed by atoms with Crippen molar-refractivity contribution in [2.24, 2.45) is 4.99 Å². The molecular weight excluding hydrogens is 465 g/mol. The quantitative estimate of drug-likeness (QED) is 0.269. The van der Waals surface area contributed by atoms with Crippen molar-refractivity contribution in [2.75, 3.05) is 66.6 Å². The van der Waals surface area contributed by atoms with Crippen molar-refractivity contribution >= 4 is 29.9 Å². The van der Waals surface area contributed by atoms with Crippen molar-refractivity contribution < 1.29 is 4.74 Å². The summed E-state index contributed by atoms with van der Waals surface area (Å²) in [6.45, 7) is 9.10. The van der Waals surface area contributed by atoms with Gasteiger partial charge in [-0.15, -0.1) is 24.0 Å². The highest BCUT2D eigenvalue weighted by molar-refractivity contribution is 14.0. The first kappa shape index (κ1) is 23.4. The van der Waals surface area contributed by atoms with Crippen LogP contribution in [0.25, 0.3) is 0 Å². The van der Waals surface area contributed by atoms with Crippen LogP contribution in [0.1, 0.15) is 18.4 Å². The van der Waals surface area contributed by atoms with Gasteiger partial charge in [-0.05, 0) is 32.0 Å². The van der Waals surface area contributed by atoms with Gasteiger partial charge in [0.1, 0.15) is 0 Å². The molecule has 2 heterocycles. The van der Waals surface area contributed by atoms with Gasteiger partial charge in [-0.1, -0.05) is 30.3 Å². The fourth-order valence-electron chi connectivity index (χ4n) is 4.03. The van der Waals surface area contributed by atoms with Crippen molar-refractivity contribution in [1.82, 2.24) is 20.0 Å². The summed E-state index contributed by atoms with van der Waals surface area (Å²) in [5.41, 5.74) is 1.37. The third-order valence-corrected chi connectivity index (χ3v) is 5.53. The largest absolute Gasteiger partial charge is 0.379 e. The lowest BCUT2D eigenvalue weighted by atomic mass is 10.2. The smallest absolute Gasteiger partial charge is 0.193 e. The molecule has 28 heavy (non-hydrogen) atoms. The highest BCUT2D eigenvalue weighted by Gasteiger charge is 2.30. The Hall–Kier alpha value is -0.900. The van der Waals surface area contributed by atoms with Crippen LogP contribution in [0.4, 0.5) is 0 Å². The van der Waals surface area contributed by atoms with Crippen molar-refractivity contribution in [3.63, 3.8) is 0 Å². The third-order valence-electron chi connectivity index (χ3n) is 5.53. The van der Waals surface area contributed by atoms with Crippen LogP contribution >= 0.6 is 24.0 Å². The number of guanidine groups is 1. The van der Waals surface area contributed by atoms with Gasteiger partial charge in [0.25, 0.3) is 0 Å². The van der Waals surface area contributed by atoms with E-state index in [-0.39, 0.29) is 24.0 Å². The Bertz CT molecular complexity index is 579. The topological polar surface area (TPSA) is 43.3 Å². The Labute approximate surface area is 187 Å². The minimum Gasteiger partial charge on any atom is -0.379 e. The maximum absolute atomic E-state index is 5.48. The lowest BCUT2D eigenvalue weighted by Crippen LogP contribution is -2.46. The van der Waals surface area contributed by atoms with Crippen LogP contribution in [0, 0.1) is 0 Å². The van der Waals surface area contributed by atoms with E-state index >= 15 is 0 Å². The molecule has 3 rings (SSSR count). The lowest BCUT2D eigenvalue weighted by Gasteiger charge is -2.32. The predicted octanol–water partition coefficient (Wildman–Crippen LogP) is 2.11. The molecule has 0 bridgehead atoms. The summed E-state index contributed by atoms with van der Waals surface area (Å²) in [6, 6.07) is 11.3. The lowest BCUT2D eigenvalue weighted by molar-refractivity contribution is 0.0195. The van der Waals surface area contributed by atoms with Crippen LogP contribution in [-0.2, 0) is 11.3 Å². The van der Waals surface area contributed by atoms with Crippen LogP contribution in [0.5, 0.6) is 0 Å². The highest BCUT2D eigenvalue weighted by Crippen LogP contribution is 2.17. The Morgan fingerprint density at radius 1 is 1.21 bits per heavy atom. The molecule has 0 amide bonds. The SMILES string of the molecule is CN=C(NCCCN(C)Cc1ccccc1)N1CCC(N2CCOCC2)C1.I. The molecule has 2 aliphatic heterocycles. The molecular formula is C21H36IN5O. The Morgan fingerprint density at radius 2 is 1.96 bits per heavy atom. The van der Waals surface area contributed by atoms with Crippen molar-refractivity contribution in [2.45, 2.75) is 25.4 Å². The third kappa shape index (κ3) is 7.17. The minimum atomic E-state index is 0. The zero-order valence-electron chi connectivity index (χ0n) is 17.3. The van der Waals surface area contributed by atoms with Gasteiger partial charge in [-0.2, -0.15) is 0 Å². The number of rotatable bonds is 7. The fraction of sp³-hybridized carbons (Fsp3) is 0.667. The van der Waals surface area contributed by atoms with Gasteiger partial charge in [0.15, 0.2) is 5.96 Å². The van der Waals surface area contributed by atoms with E-state index in [1.165, 1.54) is 12.0 Å². The molecule has 1 aromatic carbocycles. The first-order valence-corrected chi connectivity index (χ1v) is 10.3. The number of ether oxygens (including phenoxy) is 1. The number of nitrogens with zero attached hydrogens (tertiary/aromatic N) is 4. The molecule has 2 aliphatic rings. The van der Waals surface area contributed by atoms with Gasteiger partial charge in [-0.3, -0.25) is 9.89 Å². The molecule has 1 unspecified atom stereocenters. The molecule has 0 saturated carbocycles. The zero-order valence-corrected chi connectivity index (χ0v) is 19.7. The second-order valence-electron chi connectivity index (χ2n) is 7.59. The van der Waals surface area contributed by atoms with E-state index in [4.69, 9.17) is 4.74 Å². The Balaban J connectivity index is 0.00000280. The van der Waals surface area contributed by atoms with E-state index < -0.39 is 0 Å². The van der Waals surface area contributed by atoms with E-state index in [9.17, 15) is 0 Å². The van der Waals surface area contributed by atoms with Gasteiger partial charge in [0.2, 0.25) is 0 Å². The van der Waals surface area contributed by atoms with Gasteiger partial charge in [0, 0.05) is 52.4 Å². The van der Waals surface area contributed by atoms with E-state index in [1.54, 1.807) is 0 Å². The molecule has 158 valence electrons. The molecule has 1 atom stereocenters. The van der Waals surface area contributed by atoms with E-state index in [1.807, 2.05) is 7.05 Å². The monoisotopic (exact) mass is 501 g/mol. The Kier molecular flexibility index (Phi) is 10.5. The van der Waals surface area contributed by atoms with E-state index in [2.05, 4.69) is 62.4 Å². The molecule has 1 aromatic rings. The zero-order chi connectivity index (χ0) is 18.9. The van der Waals surface area contributed by atoms with Gasteiger partial charge < -0.3 is 19.9 Å². The molecule has 0 radical (unpaired) electrons. The Morgan fingerprint density at radius 3 is 2.68 bits per heavy atom. The predicted molar refractivity (Wildman–Crippen MR) is 127 cm³/mol. The van der Waals surface area contributed by atoms with E-state index in [0.29, 0.717) is 6.04 Å². The van der Waals surface area contributed by atoms with Crippen molar-refractivity contribution in [3.05, 3.63) is 35.9 Å². The average molecular weight is 501 g/mol. The molecule has 6 nitrogen and oxygen atoms in total. The average Bonchev–Trinajstić information content (AvgIpc) is 3.19. The maximum atomic E-state index is 5.48. The number of morpholine rings is 1. The number of benzene rings is 1. The van der Waals surface area contributed by atoms with Gasteiger partial charge in [0.05, 0.1) is 13.2 Å². The first-order chi connectivity index (χ1) is 13.3. The summed E-state index contributed by atoms with van der Waals surface area (Å²) >= 11 is 0. The molecule has 0 spiro atoms. The number of hydrogen-bond donors (Lipinski definition) is 1. The van der Waals surface area contributed by atoms with Crippen LogP contribution in [0.15, 0.2) is 35.3 Å². The van der Waals surface area contributed by atoms with Crippen molar-refractivity contribution in [3.8, 4) is 0 Å². The van der Waals surface area contributed by atoms with Crippen LogP contribution in [-0.4, -0.2) is 93.3 Å². The number of halogens is 1. The molecule has 1 N–H and O–H groups in total. The summed E-state index contributed by atoms with van der Waals surface area (Å²) in [4.78, 5) is 11.9. The summed E-state index contributed by atoms with van der Waals surface area (Å²) in [5, 5.41) is 3.56. The summed E-state index contributed by atoms with van der Waals surface area (Å²) < 4.78 is 5.48. The normalized spacial score (nSPS) is 21.0. The summed E-state index contributed by atoms with van der Waals surface area (Å²) in [5.74, 6) is 1.05. The van der Waals surface area contributed by atoms with E-state index in [0.717, 1.165) is 71.4 Å². The first-order valence-electron chi connectivity index (χ1n) is 10.3. The molecule has 2 fully saturated rings. The van der Waals surface area contributed by atoms with Crippen LogP contribution in [0.2, 0.25) is 0 Å². The van der Waals surface area contributed by atoms with Crippen LogP contribution in [0.3, 0.4) is 0 Å². The number of aliphatic imine (C=N–C) groups is 1. The molecule has 2 saturated heterocycles.